The number of carbonyl (C=O) groups excluding carboxylic acids is 1. The van der Waals surface area contributed by atoms with E-state index in [9.17, 15) is 4.79 Å². The van der Waals surface area contributed by atoms with Crippen LogP contribution in [0.15, 0.2) is 36.5 Å². The molecule has 1 aliphatic carbocycles. The quantitative estimate of drug-likeness (QED) is 0.751. The van der Waals surface area contributed by atoms with Crippen LogP contribution in [0.2, 0.25) is 15.1 Å². The van der Waals surface area contributed by atoms with E-state index in [4.69, 9.17) is 34.8 Å². The zero-order chi connectivity index (χ0) is 18.3. The van der Waals surface area contributed by atoms with Crippen molar-refractivity contribution in [1.82, 2.24) is 9.88 Å². The van der Waals surface area contributed by atoms with E-state index in [2.05, 4.69) is 9.88 Å². The average Bonchev–Trinajstić information content (AvgIpc) is 3.44. The topological polar surface area (TPSA) is 36.4 Å². The number of amides is 1. The number of carbonyl (C=O) groups is 1. The second-order valence-electron chi connectivity index (χ2n) is 6.83. The Morgan fingerprint density at radius 2 is 1.62 bits per heavy atom. The van der Waals surface area contributed by atoms with E-state index >= 15 is 0 Å². The number of benzene rings is 1. The van der Waals surface area contributed by atoms with Crippen molar-refractivity contribution < 1.29 is 4.79 Å². The molecule has 1 saturated heterocycles. The lowest BCUT2D eigenvalue weighted by Crippen LogP contribution is -2.51. The first-order valence-electron chi connectivity index (χ1n) is 8.61. The molecule has 0 unspecified atom stereocenters. The van der Waals surface area contributed by atoms with Crippen LogP contribution in [-0.2, 0) is 10.2 Å². The minimum atomic E-state index is -0.358. The SMILES string of the molecule is O=C(N1CCN(c2ncc(Cl)cc2Cl)CC1)C1(c2ccc(Cl)cc2)CC1. The number of hydrogen-bond donors (Lipinski definition) is 0. The Morgan fingerprint density at radius 1 is 0.962 bits per heavy atom. The Hall–Kier alpha value is -1.49. The van der Waals surface area contributed by atoms with Crippen LogP contribution >= 0.6 is 34.8 Å². The first kappa shape index (κ1) is 17.9. The molecule has 0 atom stereocenters. The fourth-order valence-electron chi connectivity index (χ4n) is 3.58. The average molecular weight is 411 g/mol. The summed E-state index contributed by atoms with van der Waals surface area (Å²) in [6.45, 7) is 2.73. The lowest BCUT2D eigenvalue weighted by Gasteiger charge is -2.37. The zero-order valence-corrected chi connectivity index (χ0v) is 16.4. The number of rotatable bonds is 3. The molecule has 0 N–H and O–H groups in total. The summed E-state index contributed by atoms with van der Waals surface area (Å²) in [5.74, 6) is 0.941. The van der Waals surface area contributed by atoms with Gasteiger partial charge in [0.05, 0.1) is 15.5 Å². The lowest BCUT2D eigenvalue weighted by molar-refractivity contribution is -0.134. The van der Waals surface area contributed by atoms with Gasteiger partial charge in [-0.25, -0.2) is 4.98 Å². The molecule has 1 saturated carbocycles. The molecule has 0 bridgehead atoms. The van der Waals surface area contributed by atoms with E-state index in [-0.39, 0.29) is 11.3 Å². The number of pyridine rings is 1. The zero-order valence-electron chi connectivity index (χ0n) is 14.1. The molecule has 2 aliphatic rings. The van der Waals surface area contributed by atoms with E-state index in [1.807, 2.05) is 29.2 Å². The van der Waals surface area contributed by atoms with E-state index in [1.54, 1.807) is 12.3 Å². The smallest absolute Gasteiger partial charge is 0.233 e. The minimum Gasteiger partial charge on any atom is -0.352 e. The Balaban J connectivity index is 1.44. The number of nitrogens with zero attached hydrogens (tertiary/aromatic N) is 3. The third-order valence-corrected chi connectivity index (χ3v) is 5.95. The highest BCUT2D eigenvalue weighted by Crippen LogP contribution is 2.50. The number of hydrogen-bond acceptors (Lipinski definition) is 3. The van der Waals surface area contributed by atoms with Crippen LogP contribution in [0.25, 0.3) is 0 Å². The monoisotopic (exact) mass is 409 g/mol. The van der Waals surface area contributed by atoms with Crippen LogP contribution in [0.5, 0.6) is 0 Å². The van der Waals surface area contributed by atoms with Crippen molar-refractivity contribution in [1.29, 1.82) is 0 Å². The van der Waals surface area contributed by atoms with Gasteiger partial charge in [0.2, 0.25) is 5.91 Å². The van der Waals surface area contributed by atoms with E-state index < -0.39 is 0 Å². The summed E-state index contributed by atoms with van der Waals surface area (Å²) in [7, 11) is 0. The predicted octanol–water partition coefficient (Wildman–Crippen LogP) is 4.42. The standard InChI is InChI=1S/C19H18Cl3N3O/c20-14-3-1-13(2-4-14)19(5-6-19)18(26)25-9-7-24(8-10-25)17-16(22)11-15(21)12-23-17/h1-4,11-12H,5-10H2. The molecule has 2 fully saturated rings. The number of aromatic nitrogens is 1. The molecular weight excluding hydrogens is 393 g/mol. The highest BCUT2D eigenvalue weighted by Gasteiger charge is 2.53. The summed E-state index contributed by atoms with van der Waals surface area (Å²) in [5, 5.41) is 1.75. The summed E-state index contributed by atoms with van der Waals surface area (Å²) < 4.78 is 0. The molecule has 4 nitrogen and oxygen atoms in total. The molecule has 2 heterocycles. The number of anilines is 1. The highest BCUT2D eigenvalue weighted by atomic mass is 35.5. The largest absolute Gasteiger partial charge is 0.352 e. The summed E-state index contributed by atoms with van der Waals surface area (Å²) in [5.41, 5.74) is 0.708. The van der Waals surface area contributed by atoms with Gasteiger partial charge >= 0.3 is 0 Å². The van der Waals surface area contributed by atoms with Gasteiger partial charge in [-0.2, -0.15) is 0 Å². The number of halogens is 3. The Labute approximate surface area is 167 Å². The molecule has 136 valence electrons. The molecular formula is C19H18Cl3N3O. The van der Waals surface area contributed by atoms with Crippen LogP contribution in [0.1, 0.15) is 18.4 Å². The van der Waals surface area contributed by atoms with Gasteiger partial charge in [0.25, 0.3) is 0 Å². The van der Waals surface area contributed by atoms with Crippen LogP contribution in [0.3, 0.4) is 0 Å². The van der Waals surface area contributed by atoms with Crippen molar-refractivity contribution in [3.05, 3.63) is 57.2 Å². The third kappa shape index (κ3) is 3.26. The maximum absolute atomic E-state index is 13.1. The number of piperazine rings is 1. The van der Waals surface area contributed by atoms with E-state index in [1.165, 1.54) is 0 Å². The Morgan fingerprint density at radius 3 is 2.19 bits per heavy atom. The van der Waals surface area contributed by atoms with Crippen molar-refractivity contribution in [2.45, 2.75) is 18.3 Å². The maximum Gasteiger partial charge on any atom is 0.233 e. The lowest BCUT2D eigenvalue weighted by atomic mass is 9.94. The van der Waals surface area contributed by atoms with Gasteiger partial charge in [-0.3, -0.25) is 4.79 Å². The summed E-state index contributed by atoms with van der Waals surface area (Å²) in [6.07, 6.45) is 3.40. The normalized spacial score (nSPS) is 18.7. The maximum atomic E-state index is 13.1. The molecule has 1 aromatic heterocycles. The first-order chi connectivity index (χ1) is 12.5. The molecule has 1 amide bonds. The summed E-state index contributed by atoms with van der Waals surface area (Å²) in [4.78, 5) is 21.5. The van der Waals surface area contributed by atoms with Crippen LogP contribution in [-0.4, -0.2) is 42.0 Å². The van der Waals surface area contributed by atoms with Crippen molar-refractivity contribution in [2.24, 2.45) is 0 Å². The van der Waals surface area contributed by atoms with E-state index in [0.717, 1.165) is 24.2 Å². The van der Waals surface area contributed by atoms with Gasteiger partial charge in [0.15, 0.2) is 0 Å². The molecule has 2 aromatic rings. The van der Waals surface area contributed by atoms with Gasteiger partial charge in [0.1, 0.15) is 5.82 Å². The van der Waals surface area contributed by atoms with E-state index in [0.29, 0.717) is 41.2 Å². The van der Waals surface area contributed by atoms with Crippen LogP contribution in [0, 0.1) is 0 Å². The fraction of sp³-hybridized carbons (Fsp3) is 0.368. The molecule has 0 radical (unpaired) electrons. The predicted molar refractivity (Wildman–Crippen MR) is 105 cm³/mol. The summed E-state index contributed by atoms with van der Waals surface area (Å²) >= 11 is 18.2. The van der Waals surface area contributed by atoms with Crippen molar-refractivity contribution in [3.8, 4) is 0 Å². The van der Waals surface area contributed by atoms with Gasteiger partial charge in [-0.05, 0) is 36.6 Å². The van der Waals surface area contributed by atoms with Gasteiger partial charge in [-0.15, -0.1) is 0 Å². The minimum absolute atomic E-state index is 0.217. The second-order valence-corrected chi connectivity index (χ2v) is 8.11. The molecule has 1 aliphatic heterocycles. The van der Waals surface area contributed by atoms with Crippen LogP contribution in [0.4, 0.5) is 5.82 Å². The van der Waals surface area contributed by atoms with Crippen molar-refractivity contribution >= 4 is 46.5 Å². The highest BCUT2D eigenvalue weighted by molar-refractivity contribution is 6.36. The third-order valence-electron chi connectivity index (χ3n) is 5.21. The van der Waals surface area contributed by atoms with Crippen molar-refractivity contribution in [3.63, 3.8) is 0 Å². The Bertz CT molecular complexity index is 828. The molecule has 26 heavy (non-hydrogen) atoms. The fourth-order valence-corrected chi connectivity index (χ4v) is 4.21. The Kier molecular flexibility index (Phi) is 4.76. The second kappa shape index (κ2) is 6.91. The molecule has 0 spiro atoms. The van der Waals surface area contributed by atoms with Gasteiger partial charge in [-0.1, -0.05) is 46.9 Å². The molecule has 7 heteroatoms. The van der Waals surface area contributed by atoms with Gasteiger partial charge in [0, 0.05) is 37.4 Å². The van der Waals surface area contributed by atoms with Crippen molar-refractivity contribution in [2.75, 3.05) is 31.1 Å². The summed E-state index contributed by atoms with van der Waals surface area (Å²) in [6, 6.07) is 9.36. The van der Waals surface area contributed by atoms with Crippen LogP contribution < -0.4 is 4.90 Å². The van der Waals surface area contributed by atoms with Gasteiger partial charge < -0.3 is 9.80 Å². The molecule has 4 rings (SSSR count). The first-order valence-corrected chi connectivity index (χ1v) is 9.74. The molecule has 1 aromatic carbocycles.